The molecule has 1 aliphatic heterocycles. The second-order valence-corrected chi connectivity index (χ2v) is 9.20. The molecule has 0 spiro atoms. The Hall–Kier alpha value is -3.34. The van der Waals surface area contributed by atoms with Gasteiger partial charge in [-0.15, -0.1) is 5.10 Å². The molecule has 34 heavy (non-hydrogen) atoms. The Morgan fingerprint density at radius 1 is 1.15 bits per heavy atom. The van der Waals surface area contributed by atoms with Gasteiger partial charge in [0.15, 0.2) is 11.5 Å². The van der Waals surface area contributed by atoms with Crippen molar-refractivity contribution in [2.24, 2.45) is 0 Å². The maximum atomic E-state index is 14.5. The Balaban J connectivity index is 1.55. The van der Waals surface area contributed by atoms with Crippen molar-refractivity contribution in [2.75, 3.05) is 37.8 Å². The average molecular weight is 470 g/mol. The van der Waals surface area contributed by atoms with Crippen LogP contribution in [0.5, 0.6) is 0 Å². The van der Waals surface area contributed by atoms with Crippen molar-refractivity contribution in [1.82, 2.24) is 34.0 Å². The molecule has 5 heterocycles. The summed E-state index contributed by atoms with van der Waals surface area (Å²) >= 11 is 0. The third-order valence-electron chi connectivity index (χ3n) is 6.35. The highest BCUT2D eigenvalue weighted by atomic mass is 19.3. The first-order valence-electron chi connectivity index (χ1n) is 11.4. The third-order valence-corrected chi connectivity index (χ3v) is 6.35. The number of pyridine rings is 1. The van der Waals surface area contributed by atoms with Crippen LogP contribution < -0.4 is 10.6 Å². The van der Waals surface area contributed by atoms with Gasteiger partial charge in [0.1, 0.15) is 16.9 Å². The Morgan fingerprint density at radius 3 is 2.65 bits per heavy atom. The van der Waals surface area contributed by atoms with Crippen molar-refractivity contribution >= 4 is 28.4 Å². The van der Waals surface area contributed by atoms with E-state index in [1.165, 1.54) is 0 Å². The molecule has 180 valence electrons. The third kappa shape index (κ3) is 3.73. The van der Waals surface area contributed by atoms with Crippen LogP contribution in [0.1, 0.15) is 32.1 Å². The van der Waals surface area contributed by atoms with Crippen molar-refractivity contribution < 1.29 is 8.78 Å². The summed E-state index contributed by atoms with van der Waals surface area (Å²) in [6.07, 6.45) is 2.10. The summed E-state index contributed by atoms with van der Waals surface area (Å²) in [5.41, 5.74) is 3.99. The van der Waals surface area contributed by atoms with Crippen LogP contribution in [0.3, 0.4) is 0 Å². The summed E-state index contributed by atoms with van der Waals surface area (Å²) in [5.74, 6) is -1.27. The predicted octanol–water partition coefficient (Wildman–Crippen LogP) is 3.82. The largest absolute Gasteiger partial charge is 0.371 e. The van der Waals surface area contributed by atoms with E-state index in [2.05, 4.69) is 44.1 Å². The number of piperidine rings is 1. The number of imidazole rings is 1. The Labute approximate surface area is 196 Å². The lowest BCUT2D eigenvalue weighted by Crippen LogP contribution is -2.53. The lowest BCUT2D eigenvalue weighted by molar-refractivity contribution is -0.0675. The van der Waals surface area contributed by atoms with Gasteiger partial charge in [0, 0.05) is 31.4 Å². The number of nitrogens with one attached hydrogen (secondary N) is 2. The van der Waals surface area contributed by atoms with Gasteiger partial charge in [-0.25, -0.2) is 23.3 Å². The van der Waals surface area contributed by atoms with Crippen LogP contribution in [0.2, 0.25) is 0 Å². The highest BCUT2D eigenvalue weighted by Crippen LogP contribution is 2.32. The van der Waals surface area contributed by atoms with E-state index < -0.39 is 12.0 Å². The monoisotopic (exact) mass is 469 g/mol. The topological polar surface area (TPSA) is 88.2 Å². The van der Waals surface area contributed by atoms with Crippen LogP contribution in [0.25, 0.3) is 27.9 Å². The van der Waals surface area contributed by atoms with E-state index in [1.807, 2.05) is 25.1 Å². The van der Waals surface area contributed by atoms with Crippen LogP contribution in [0.15, 0.2) is 24.4 Å². The quantitative estimate of drug-likeness (QED) is 0.459. The van der Waals surface area contributed by atoms with Crippen molar-refractivity contribution in [3.8, 4) is 11.3 Å². The Morgan fingerprint density at radius 2 is 1.94 bits per heavy atom. The van der Waals surface area contributed by atoms with E-state index in [1.54, 1.807) is 29.7 Å². The lowest BCUT2D eigenvalue weighted by Gasteiger charge is -2.36. The molecule has 1 aliphatic rings. The number of hydrogen-bond donors (Lipinski definition) is 2. The number of hydrogen-bond acceptors (Lipinski definition) is 7. The second-order valence-electron chi connectivity index (χ2n) is 9.20. The SMILES string of the molecule is CNc1nc(N[C@@H]2CCN(C)CC2(F)F)nn2ccc(-c3ccc4nc(C)n(C(C)C)c4n3)c12. The molecule has 0 bridgehead atoms. The van der Waals surface area contributed by atoms with Gasteiger partial charge in [-0.1, -0.05) is 0 Å². The fraction of sp³-hybridized carbons (Fsp3) is 0.478. The molecule has 4 aromatic heterocycles. The molecular weight excluding hydrogens is 440 g/mol. The van der Waals surface area contributed by atoms with E-state index in [-0.39, 0.29) is 18.5 Å². The number of aryl methyl sites for hydroxylation is 1. The molecule has 2 N–H and O–H groups in total. The number of halogens is 2. The fourth-order valence-electron chi connectivity index (χ4n) is 4.77. The average Bonchev–Trinajstić information content (AvgIpc) is 3.34. The predicted molar refractivity (Wildman–Crippen MR) is 129 cm³/mol. The maximum absolute atomic E-state index is 14.5. The first-order chi connectivity index (χ1) is 16.2. The number of likely N-dealkylation sites (tertiary alicyclic amines) is 1. The molecule has 0 saturated carbocycles. The molecular formula is C23H29F2N9. The summed E-state index contributed by atoms with van der Waals surface area (Å²) in [6, 6.07) is 5.01. The molecule has 0 aliphatic carbocycles. The summed E-state index contributed by atoms with van der Waals surface area (Å²) < 4.78 is 32.9. The van der Waals surface area contributed by atoms with E-state index in [0.717, 1.165) is 33.8 Å². The Kier molecular flexibility index (Phi) is 5.38. The van der Waals surface area contributed by atoms with Crippen molar-refractivity contribution in [1.29, 1.82) is 0 Å². The smallest absolute Gasteiger partial charge is 0.280 e. The summed E-state index contributed by atoms with van der Waals surface area (Å²) in [5, 5.41) is 10.4. The molecule has 11 heteroatoms. The van der Waals surface area contributed by atoms with Crippen molar-refractivity contribution in [3.05, 3.63) is 30.2 Å². The molecule has 1 saturated heterocycles. The zero-order valence-electron chi connectivity index (χ0n) is 20.0. The first kappa shape index (κ1) is 22.5. The number of nitrogens with zero attached hydrogens (tertiary/aromatic N) is 7. The standard InChI is InChI=1S/C23H29F2N9/c1-13(2)34-14(3)27-17-7-6-16(28-21(17)34)15-8-11-33-19(15)20(26-4)30-22(31-33)29-18-9-10-32(5)12-23(18,24)25/h6-8,11,13,18H,9-10,12H2,1-5H3,(H2,26,29,30,31)/t18-/m1/s1. The lowest BCUT2D eigenvalue weighted by atomic mass is 10.0. The number of aromatic nitrogens is 6. The first-order valence-corrected chi connectivity index (χ1v) is 11.4. The highest BCUT2D eigenvalue weighted by Gasteiger charge is 2.44. The van der Waals surface area contributed by atoms with Gasteiger partial charge >= 0.3 is 0 Å². The van der Waals surface area contributed by atoms with Crippen LogP contribution >= 0.6 is 0 Å². The molecule has 4 aromatic rings. The minimum absolute atomic E-state index is 0.158. The Bertz CT molecular complexity index is 1360. The van der Waals surface area contributed by atoms with Crippen molar-refractivity contribution in [2.45, 2.75) is 45.2 Å². The molecule has 1 atom stereocenters. The molecule has 9 nitrogen and oxygen atoms in total. The zero-order valence-corrected chi connectivity index (χ0v) is 20.0. The molecule has 0 aromatic carbocycles. The number of anilines is 2. The minimum atomic E-state index is -2.87. The number of rotatable bonds is 5. The maximum Gasteiger partial charge on any atom is 0.280 e. The minimum Gasteiger partial charge on any atom is -0.371 e. The van der Waals surface area contributed by atoms with E-state index in [0.29, 0.717) is 18.8 Å². The van der Waals surface area contributed by atoms with E-state index in [9.17, 15) is 8.78 Å². The summed E-state index contributed by atoms with van der Waals surface area (Å²) in [6.45, 7) is 6.48. The van der Waals surface area contributed by atoms with Gasteiger partial charge in [-0.3, -0.25) is 0 Å². The van der Waals surface area contributed by atoms with Crippen LogP contribution in [0, 0.1) is 6.92 Å². The van der Waals surface area contributed by atoms with Gasteiger partial charge in [0.2, 0.25) is 5.95 Å². The number of alkyl halides is 2. The normalized spacial score (nSPS) is 18.8. The summed E-state index contributed by atoms with van der Waals surface area (Å²) in [4.78, 5) is 15.7. The highest BCUT2D eigenvalue weighted by molar-refractivity contribution is 5.89. The van der Waals surface area contributed by atoms with E-state index >= 15 is 0 Å². The van der Waals surface area contributed by atoms with Crippen LogP contribution in [-0.4, -0.2) is 73.2 Å². The molecule has 0 amide bonds. The molecule has 5 rings (SSSR count). The van der Waals surface area contributed by atoms with Gasteiger partial charge in [0.05, 0.1) is 18.3 Å². The van der Waals surface area contributed by atoms with Gasteiger partial charge in [-0.05, 0) is 52.4 Å². The summed E-state index contributed by atoms with van der Waals surface area (Å²) in [7, 11) is 3.45. The molecule has 0 radical (unpaired) electrons. The molecule has 0 unspecified atom stereocenters. The zero-order chi connectivity index (χ0) is 24.2. The van der Waals surface area contributed by atoms with Crippen molar-refractivity contribution in [3.63, 3.8) is 0 Å². The fourth-order valence-corrected chi connectivity index (χ4v) is 4.77. The van der Waals surface area contributed by atoms with Gasteiger partial charge < -0.3 is 20.1 Å². The second kappa shape index (κ2) is 8.15. The van der Waals surface area contributed by atoms with Gasteiger partial charge in [0.25, 0.3) is 5.92 Å². The van der Waals surface area contributed by atoms with E-state index in [4.69, 9.17) is 4.98 Å². The number of fused-ring (bicyclic) bond motifs is 2. The van der Waals surface area contributed by atoms with Crippen LogP contribution in [0.4, 0.5) is 20.5 Å². The van der Waals surface area contributed by atoms with Crippen LogP contribution in [-0.2, 0) is 0 Å². The molecule has 1 fully saturated rings. The van der Waals surface area contributed by atoms with Gasteiger partial charge in [-0.2, -0.15) is 4.98 Å².